The van der Waals surface area contributed by atoms with Crippen LogP contribution in [0.5, 0.6) is 23.0 Å². The largest absolute Gasteiger partial charge is 0.573 e. The summed E-state index contributed by atoms with van der Waals surface area (Å²) in [4.78, 5) is 4.66. The van der Waals surface area contributed by atoms with E-state index in [1.807, 2.05) is 19.1 Å². The fourth-order valence-corrected chi connectivity index (χ4v) is 3.85. The van der Waals surface area contributed by atoms with E-state index in [9.17, 15) is 18.3 Å². The van der Waals surface area contributed by atoms with E-state index in [1.165, 1.54) is 24.3 Å². The normalized spacial score (nSPS) is 11.5. The van der Waals surface area contributed by atoms with Gasteiger partial charge in [0.05, 0.1) is 19.2 Å². The van der Waals surface area contributed by atoms with Crippen molar-refractivity contribution in [3.63, 3.8) is 0 Å². The second kappa shape index (κ2) is 9.40. The SMILES string of the molecule is COc1c(-c2ccc(Oc3ccc(OC(F)(F)F)cc3)cc2)c(C)nc2cc(CO)c(Cl)cc12. The van der Waals surface area contributed by atoms with Gasteiger partial charge in [0.25, 0.3) is 0 Å². The molecule has 176 valence electrons. The molecule has 34 heavy (non-hydrogen) atoms. The molecule has 0 atom stereocenters. The van der Waals surface area contributed by atoms with E-state index < -0.39 is 6.36 Å². The molecule has 0 radical (unpaired) electrons. The number of alkyl halides is 3. The molecule has 0 aliphatic heterocycles. The molecule has 0 aliphatic rings. The van der Waals surface area contributed by atoms with Crippen LogP contribution in [0.4, 0.5) is 13.2 Å². The summed E-state index contributed by atoms with van der Waals surface area (Å²) in [7, 11) is 1.56. The Balaban J connectivity index is 1.62. The predicted molar refractivity (Wildman–Crippen MR) is 123 cm³/mol. The molecule has 4 rings (SSSR count). The van der Waals surface area contributed by atoms with Gasteiger partial charge in [-0.05, 0) is 66.6 Å². The summed E-state index contributed by atoms with van der Waals surface area (Å²) < 4.78 is 52.2. The number of nitrogens with zero attached hydrogens (tertiary/aromatic N) is 1. The second-order valence-electron chi connectivity index (χ2n) is 7.37. The van der Waals surface area contributed by atoms with Crippen molar-refractivity contribution in [1.82, 2.24) is 4.98 Å². The number of ether oxygens (including phenoxy) is 3. The van der Waals surface area contributed by atoms with Gasteiger partial charge in [-0.1, -0.05) is 23.7 Å². The van der Waals surface area contributed by atoms with Crippen molar-refractivity contribution in [3.8, 4) is 34.1 Å². The van der Waals surface area contributed by atoms with Gasteiger partial charge in [0, 0.05) is 21.7 Å². The third-order valence-corrected chi connectivity index (χ3v) is 5.45. The lowest BCUT2D eigenvalue weighted by molar-refractivity contribution is -0.274. The summed E-state index contributed by atoms with van der Waals surface area (Å²) >= 11 is 6.29. The van der Waals surface area contributed by atoms with Gasteiger partial charge in [-0.25, -0.2) is 0 Å². The van der Waals surface area contributed by atoms with Crippen molar-refractivity contribution in [2.75, 3.05) is 7.11 Å². The molecule has 0 amide bonds. The first-order valence-electron chi connectivity index (χ1n) is 10.1. The topological polar surface area (TPSA) is 60.8 Å². The van der Waals surface area contributed by atoms with Gasteiger partial charge in [-0.15, -0.1) is 13.2 Å². The van der Waals surface area contributed by atoms with Crippen LogP contribution in [0.3, 0.4) is 0 Å². The fraction of sp³-hybridized carbons (Fsp3) is 0.160. The minimum atomic E-state index is -4.75. The molecule has 1 N–H and O–H groups in total. The second-order valence-corrected chi connectivity index (χ2v) is 7.78. The van der Waals surface area contributed by atoms with Gasteiger partial charge >= 0.3 is 6.36 Å². The lowest BCUT2D eigenvalue weighted by atomic mass is 9.99. The minimum Gasteiger partial charge on any atom is -0.495 e. The Hall–Kier alpha value is -3.49. The van der Waals surface area contributed by atoms with Gasteiger partial charge in [0.1, 0.15) is 23.0 Å². The van der Waals surface area contributed by atoms with Gasteiger partial charge in [0.15, 0.2) is 0 Å². The van der Waals surface area contributed by atoms with Crippen molar-refractivity contribution in [1.29, 1.82) is 0 Å². The molecule has 1 heterocycles. The van der Waals surface area contributed by atoms with Crippen molar-refractivity contribution in [2.45, 2.75) is 19.9 Å². The van der Waals surface area contributed by atoms with E-state index in [1.54, 1.807) is 31.4 Å². The smallest absolute Gasteiger partial charge is 0.495 e. The number of halogens is 4. The standard InChI is InChI=1S/C25H19ClF3NO4/c1-14-23(24(32-2)20-12-21(26)16(13-31)11-22(20)30-14)15-3-5-17(6-4-15)33-18-7-9-19(10-8-18)34-25(27,28)29/h3-12,31H,13H2,1-2H3. The molecule has 4 aromatic rings. The van der Waals surface area contributed by atoms with Gasteiger partial charge in [0.2, 0.25) is 0 Å². The number of aryl methyl sites for hydroxylation is 1. The maximum absolute atomic E-state index is 12.3. The van der Waals surface area contributed by atoms with Crippen molar-refractivity contribution >= 4 is 22.5 Å². The first-order valence-corrected chi connectivity index (χ1v) is 10.5. The first kappa shape index (κ1) is 23.7. The van der Waals surface area contributed by atoms with Crippen LogP contribution in [-0.4, -0.2) is 23.6 Å². The number of hydrogen-bond acceptors (Lipinski definition) is 5. The molecule has 3 aromatic carbocycles. The Morgan fingerprint density at radius 2 is 1.53 bits per heavy atom. The van der Waals surface area contributed by atoms with Crippen LogP contribution in [0.1, 0.15) is 11.3 Å². The number of methoxy groups -OCH3 is 1. The third-order valence-electron chi connectivity index (χ3n) is 5.10. The lowest BCUT2D eigenvalue weighted by Crippen LogP contribution is -2.16. The highest BCUT2D eigenvalue weighted by molar-refractivity contribution is 6.32. The van der Waals surface area contributed by atoms with E-state index in [-0.39, 0.29) is 12.4 Å². The Labute approximate surface area is 198 Å². The first-order chi connectivity index (χ1) is 16.2. The van der Waals surface area contributed by atoms with Crippen LogP contribution in [0.25, 0.3) is 22.0 Å². The number of rotatable bonds is 6. The molecule has 5 nitrogen and oxygen atoms in total. The number of aliphatic hydroxyl groups excluding tert-OH is 1. The third kappa shape index (κ3) is 5.03. The van der Waals surface area contributed by atoms with Crippen LogP contribution in [-0.2, 0) is 6.61 Å². The van der Waals surface area contributed by atoms with E-state index in [0.29, 0.717) is 38.7 Å². The molecule has 0 spiro atoms. The van der Waals surface area contributed by atoms with E-state index in [0.717, 1.165) is 16.8 Å². The van der Waals surface area contributed by atoms with Gasteiger partial charge < -0.3 is 19.3 Å². The Morgan fingerprint density at radius 3 is 2.09 bits per heavy atom. The van der Waals surface area contributed by atoms with E-state index >= 15 is 0 Å². The summed E-state index contributed by atoms with van der Waals surface area (Å²) in [6.07, 6.45) is -4.75. The van der Waals surface area contributed by atoms with Gasteiger partial charge in [-0.2, -0.15) is 0 Å². The number of fused-ring (bicyclic) bond motifs is 1. The van der Waals surface area contributed by atoms with Crippen LogP contribution >= 0.6 is 11.6 Å². The molecule has 0 bridgehead atoms. The van der Waals surface area contributed by atoms with E-state index in [4.69, 9.17) is 21.1 Å². The maximum atomic E-state index is 12.3. The molecule has 0 saturated carbocycles. The summed E-state index contributed by atoms with van der Waals surface area (Å²) in [6.45, 7) is 1.67. The Morgan fingerprint density at radius 1 is 0.941 bits per heavy atom. The highest BCUT2D eigenvalue weighted by atomic mass is 35.5. The number of pyridine rings is 1. The van der Waals surface area contributed by atoms with Crippen molar-refractivity contribution in [2.24, 2.45) is 0 Å². The molecule has 9 heteroatoms. The molecule has 0 aliphatic carbocycles. The van der Waals surface area contributed by atoms with Gasteiger partial charge in [-0.3, -0.25) is 4.98 Å². The maximum Gasteiger partial charge on any atom is 0.573 e. The number of aromatic nitrogens is 1. The molecule has 0 fully saturated rings. The predicted octanol–water partition coefficient (Wildman–Crippen LogP) is 7.06. The summed E-state index contributed by atoms with van der Waals surface area (Å²) in [6, 6.07) is 15.7. The molecular weight excluding hydrogens is 471 g/mol. The Kier molecular flexibility index (Phi) is 6.54. The Bertz CT molecular complexity index is 1320. The average molecular weight is 490 g/mol. The summed E-state index contributed by atoms with van der Waals surface area (Å²) in [5.41, 5.74) is 3.57. The summed E-state index contributed by atoms with van der Waals surface area (Å²) in [5, 5.41) is 10.6. The molecular formula is C25H19ClF3NO4. The zero-order valence-corrected chi connectivity index (χ0v) is 18.9. The molecule has 0 saturated heterocycles. The molecule has 1 aromatic heterocycles. The minimum absolute atomic E-state index is 0.195. The zero-order valence-electron chi connectivity index (χ0n) is 18.1. The van der Waals surface area contributed by atoms with Crippen molar-refractivity contribution in [3.05, 3.63) is 76.9 Å². The van der Waals surface area contributed by atoms with E-state index in [2.05, 4.69) is 9.72 Å². The fourth-order valence-electron chi connectivity index (χ4n) is 3.62. The molecule has 0 unspecified atom stereocenters. The lowest BCUT2D eigenvalue weighted by Gasteiger charge is -2.16. The van der Waals surface area contributed by atoms with Crippen molar-refractivity contribution < 1.29 is 32.5 Å². The monoisotopic (exact) mass is 489 g/mol. The van der Waals surface area contributed by atoms with Crippen LogP contribution < -0.4 is 14.2 Å². The van der Waals surface area contributed by atoms with Crippen LogP contribution in [0.15, 0.2) is 60.7 Å². The van der Waals surface area contributed by atoms with Crippen LogP contribution in [0, 0.1) is 6.92 Å². The summed E-state index contributed by atoms with van der Waals surface area (Å²) in [5.74, 6) is 1.13. The van der Waals surface area contributed by atoms with Crippen LogP contribution in [0.2, 0.25) is 5.02 Å². The highest BCUT2D eigenvalue weighted by Crippen LogP contribution is 2.40. The number of benzene rings is 3. The number of hydrogen-bond donors (Lipinski definition) is 1. The number of aliphatic hydroxyl groups is 1. The average Bonchev–Trinajstić information content (AvgIpc) is 2.79. The highest BCUT2D eigenvalue weighted by Gasteiger charge is 2.31. The quantitative estimate of drug-likeness (QED) is 0.314. The zero-order chi connectivity index (χ0) is 24.5.